The molecule has 0 saturated carbocycles. The van der Waals surface area contributed by atoms with E-state index in [0.717, 1.165) is 24.2 Å². The largest absolute Gasteiger partial charge is 0.819 e. The molecule has 0 radical (unpaired) electrons. The fourth-order valence-electron chi connectivity index (χ4n) is 1.02. The van der Waals surface area contributed by atoms with Gasteiger partial charge >= 0.3 is 0 Å². The first-order valence-corrected chi connectivity index (χ1v) is 6.72. The zero-order chi connectivity index (χ0) is 9.94. The first-order valence-electron chi connectivity index (χ1n) is 4.71. The molecule has 13 heavy (non-hydrogen) atoms. The van der Waals surface area contributed by atoms with E-state index in [9.17, 15) is 9.79 Å². The lowest BCUT2D eigenvalue weighted by atomic mass is 10.1. The minimum Gasteiger partial charge on any atom is -0.819 e. The standard InChI is InChI=1S/C8H17O3PS/c1-2-3-4-5-6-7-8-13-11-12(9)10/h2-8H2,1H3/q-2. The molecule has 0 aromatic carbocycles. The van der Waals surface area contributed by atoms with E-state index in [2.05, 4.69) is 10.9 Å². The van der Waals surface area contributed by atoms with Crippen molar-refractivity contribution < 1.29 is 13.8 Å². The van der Waals surface area contributed by atoms with E-state index in [-0.39, 0.29) is 0 Å². The summed E-state index contributed by atoms with van der Waals surface area (Å²) in [6.07, 6.45) is 7.31. The van der Waals surface area contributed by atoms with Crippen LogP contribution in [0.3, 0.4) is 0 Å². The lowest BCUT2D eigenvalue weighted by Crippen LogP contribution is -2.07. The van der Waals surface area contributed by atoms with Crippen LogP contribution in [0.4, 0.5) is 0 Å². The number of unbranched alkanes of at least 4 members (excludes halogenated alkanes) is 5. The predicted molar refractivity (Wildman–Crippen MR) is 53.8 cm³/mol. The maximum Gasteiger partial charge on any atom is 0.0200 e. The molecule has 5 heteroatoms. The number of rotatable bonds is 9. The highest BCUT2D eigenvalue weighted by molar-refractivity contribution is 7.97. The highest BCUT2D eigenvalue weighted by Gasteiger charge is 1.90. The zero-order valence-corrected chi connectivity index (χ0v) is 9.74. The predicted octanol–water partition coefficient (Wildman–Crippen LogP) is 1.96. The van der Waals surface area contributed by atoms with Crippen LogP contribution in [-0.4, -0.2) is 5.75 Å². The van der Waals surface area contributed by atoms with E-state index in [1.807, 2.05) is 0 Å². The Hall–Kier alpha value is 0.660. The van der Waals surface area contributed by atoms with Gasteiger partial charge in [-0.2, -0.15) is 0 Å². The van der Waals surface area contributed by atoms with Crippen molar-refractivity contribution in [3.63, 3.8) is 0 Å². The van der Waals surface area contributed by atoms with Crippen molar-refractivity contribution in [1.82, 2.24) is 0 Å². The molecule has 0 spiro atoms. The van der Waals surface area contributed by atoms with Crippen LogP contribution in [0.25, 0.3) is 0 Å². The van der Waals surface area contributed by atoms with Crippen molar-refractivity contribution in [3.05, 3.63) is 0 Å². The number of hydrogen-bond acceptors (Lipinski definition) is 4. The van der Waals surface area contributed by atoms with Gasteiger partial charge in [0.05, 0.1) is 0 Å². The Kier molecular flexibility index (Phi) is 11.3. The SMILES string of the molecule is CCCCCCCCSOP([O-])[O-]. The first kappa shape index (κ1) is 13.7. The zero-order valence-electron chi connectivity index (χ0n) is 8.03. The van der Waals surface area contributed by atoms with Crippen molar-refractivity contribution in [1.29, 1.82) is 0 Å². The van der Waals surface area contributed by atoms with Gasteiger partial charge in [0.15, 0.2) is 0 Å². The van der Waals surface area contributed by atoms with Crippen LogP contribution in [0.2, 0.25) is 0 Å². The van der Waals surface area contributed by atoms with Crippen molar-refractivity contribution >= 4 is 20.6 Å². The third-order valence-corrected chi connectivity index (χ3v) is 3.06. The van der Waals surface area contributed by atoms with Gasteiger partial charge in [0.1, 0.15) is 0 Å². The molecule has 0 saturated heterocycles. The molecule has 0 rings (SSSR count). The average molecular weight is 224 g/mol. The molecule has 3 nitrogen and oxygen atoms in total. The summed E-state index contributed by atoms with van der Waals surface area (Å²) in [5.74, 6) is 0.773. The summed E-state index contributed by atoms with van der Waals surface area (Å²) in [5, 5.41) is 0. The van der Waals surface area contributed by atoms with Gasteiger partial charge in [-0.3, -0.25) is 0 Å². The highest BCUT2D eigenvalue weighted by Crippen LogP contribution is 2.23. The van der Waals surface area contributed by atoms with E-state index in [1.165, 1.54) is 32.1 Å². The van der Waals surface area contributed by atoms with Gasteiger partial charge in [0.25, 0.3) is 0 Å². The molecule has 0 heterocycles. The Morgan fingerprint density at radius 1 is 1.08 bits per heavy atom. The van der Waals surface area contributed by atoms with Crippen molar-refractivity contribution in [2.75, 3.05) is 5.75 Å². The van der Waals surface area contributed by atoms with Crippen molar-refractivity contribution in [2.24, 2.45) is 0 Å². The molecule has 80 valence electrons. The minimum absolute atomic E-state index is 0.773. The summed E-state index contributed by atoms with van der Waals surface area (Å²) in [4.78, 5) is 19.9. The lowest BCUT2D eigenvalue weighted by Gasteiger charge is -2.27. The molecule has 0 bridgehead atoms. The summed E-state index contributed by atoms with van der Waals surface area (Å²) >= 11 is 1.03. The third kappa shape index (κ3) is 12.7. The molecule has 0 aliphatic heterocycles. The van der Waals surface area contributed by atoms with Crippen LogP contribution in [0, 0.1) is 0 Å². The van der Waals surface area contributed by atoms with Crippen LogP contribution in [0.1, 0.15) is 45.4 Å². The first-order chi connectivity index (χ1) is 6.27. The Labute approximate surface area is 86.1 Å². The molecular formula is C8H17O3PS-2. The van der Waals surface area contributed by atoms with Gasteiger partial charge < -0.3 is 13.8 Å². The summed E-state index contributed by atoms with van der Waals surface area (Å²) in [6, 6.07) is 0. The Balaban J connectivity index is 2.84. The molecule has 0 unspecified atom stereocenters. The maximum absolute atomic E-state index is 9.97. The lowest BCUT2D eigenvalue weighted by molar-refractivity contribution is -0.309. The molecular weight excluding hydrogens is 207 g/mol. The summed E-state index contributed by atoms with van der Waals surface area (Å²) < 4.78 is 4.34. The Morgan fingerprint density at radius 3 is 2.31 bits per heavy atom. The second-order valence-corrected chi connectivity index (χ2v) is 4.58. The molecule has 0 aromatic rings. The van der Waals surface area contributed by atoms with Gasteiger partial charge in [0.2, 0.25) is 0 Å². The minimum atomic E-state index is -2.67. The van der Waals surface area contributed by atoms with Gasteiger partial charge in [-0.15, -0.1) is 8.60 Å². The van der Waals surface area contributed by atoms with Crippen molar-refractivity contribution in [2.45, 2.75) is 45.4 Å². The van der Waals surface area contributed by atoms with E-state index in [1.54, 1.807) is 0 Å². The van der Waals surface area contributed by atoms with Gasteiger partial charge in [-0.25, -0.2) is 0 Å². The van der Waals surface area contributed by atoms with E-state index in [0.29, 0.717) is 0 Å². The topological polar surface area (TPSA) is 55.3 Å². The third-order valence-electron chi connectivity index (χ3n) is 1.69. The second kappa shape index (κ2) is 10.7. The number of hydrogen-bond donors (Lipinski definition) is 0. The quantitative estimate of drug-likeness (QED) is 0.341. The van der Waals surface area contributed by atoms with Gasteiger partial charge in [-0.05, 0) is 18.5 Å². The molecule has 0 aliphatic rings. The maximum atomic E-state index is 9.97. The summed E-state index contributed by atoms with van der Waals surface area (Å²) in [5.41, 5.74) is 0. The molecule has 0 aliphatic carbocycles. The molecule has 0 amide bonds. The molecule has 0 fully saturated rings. The highest BCUT2D eigenvalue weighted by atomic mass is 32.2. The van der Waals surface area contributed by atoms with Gasteiger partial charge in [0, 0.05) is 5.75 Å². The van der Waals surface area contributed by atoms with E-state index in [4.69, 9.17) is 0 Å². The fourth-order valence-corrected chi connectivity index (χ4v) is 1.99. The monoisotopic (exact) mass is 224 g/mol. The van der Waals surface area contributed by atoms with E-state index >= 15 is 0 Å². The average Bonchev–Trinajstić information content (AvgIpc) is 2.09. The van der Waals surface area contributed by atoms with Crippen LogP contribution in [0.15, 0.2) is 0 Å². The smallest absolute Gasteiger partial charge is 0.0200 e. The van der Waals surface area contributed by atoms with Crippen LogP contribution in [-0.2, 0) is 3.97 Å². The fraction of sp³-hybridized carbons (Fsp3) is 1.00. The van der Waals surface area contributed by atoms with Gasteiger partial charge in [-0.1, -0.05) is 39.0 Å². The van der Waals surface area contributed by atoms with Crippen molar-refractivity contribution in [3.8, 4) is 0 Å². The summed E-state index contributed by atoms with van der Waals surface area (Å²) in [6.45, 7) is 2.19. The molecule has 0 atom stereocenters. The molecule has 0 aromatic heterocycles. The second-order valence-electron chi connectivity index (χ2n) is 2.89. The Morgan fingerprint density at radius 2 is 1.69 bits per heavy atom. The van der Waals surface area contributed by atoms with Crippen LogP contribution in [0.5, 0.6) is 0 Å². The summed E-state index contributed by atoms with van der Waals surface area (Å²) in [7, 11) is -2.67. The normalized spacial score (nSPS) is 11.1. The van der Waals surface area contributed by atoms with Crippen LogP contribution >= 0.6 is 20.6 Å². The van der Waals surface area contributed by atoms with Crippen LogP contribution < -0.4 is 9.79 Å². The molecule has 0 N–H and O–H groups in total. The Bertz CT molecular complexity index is 103. The van der Waals surface area contributed by atoms with E-state index < -0.39 is 8.60 Å².